The molecular formula is C13H19NO. The molecular weight excluding hydrogens is 186 g/mol. The number of fused-ring (bicyclic) bond motifs is 1. The van der Waals surface area contributed by atoms with E-state index < -0.39 is 0 Å². The van der Waals surface area contributed by atoms with Gasteiger partial charge in [0.1, 0.15) is 0 Å². The van der Waals surface area contributed by atoms with Crippen LogP contribution in [0.25, 0.3) is 0 Å². The maximum atomic E-state index is 5.30. The van der Waals surface area contributed by atoms with Gasteiger partial charge in [0.15, 0.2) is 0 Å². The van der Waals surface area contributed by atoms with E-state index in [1.807, 2.05) is 0 Å². The Morgan fingerprint density at radius 1 is 1.47 bits per heavy atom. The number of hydrogen-bond acceptors (Lipinski definition) is 2. The van der Waals surface area contributed by atoms with Crippen LogP contribution in [0, 0.1) is 0 Å². The normalized spacial score (nSPS) is 21.6. The average molecular weight is 205 g/mol. The SMILES string of the molecule is COC(C)CC1CCc2ccccc2N1. The molecule has 1 aromatic rings. The number of aryl methyl sites for hydroxylation is 1. The molecule has 2 atom stereocenters. The summed E-state index contributed by atoms with van der Waals surface area (Å²) in [5.41, 5.74) is 2.75. The van der Waals surface area contributed by atoms with Crippen molar-refractivity contribution in [2.24, 2.45) is 0 Å². The van der Waals surface area contributed by atoms with Gasteiger partial charge >= 0.3 is 0 Å². The van der Waals surface area contributed by atoms with Crippen LogP contribution in [0.4, 0.5) is 5.69 Å². The molecule has 1 N–H and O–H groups in total. The molecule has 0 fully saturated rings. The van der Waals surface area contributed by atoms with Crippen molar-refractivity contribution in [3.8, 4) is 0 Å². The van der Waals surface area contributed by atoms with Crippen molar-refractivity contribution >= 4 is 5.69 Å². The number of rotatable bonds is 3. The minimum absolute atomic E-state index is 0.341. The van der Waals surface area contributed by atoms with E-state index in [4.69, 9.17) is 4.74 Å². The topological polar surface area (TPSA) is 21.3 Å². The van der Waals surface area contributed by atoms with Crippen LogP contribution < -0.4 is 5.32 Å². The highest BCUT2D eigenvalue weighted by atomic mass is 16.5. The van der Waals surface area contributed by atoms with E-state index >= 15 is 0 Å². The molecule has 1 aromatic carbocycles. The first kappa shape index (κ1) is 10.5. The van der Waals surface area contributed by atoms with Gasteiger partial charge in [0.2, 0.25) is 0 Å². The van der Waals surface area contributed by atoms with Crippen LogP contribution in [-0.4, -0.2) is 19.3 Å². The molecule has 2 nitrogen and oxygen atoms in total. The van der Waals surface area contributed by atoms with Crippen LogP contribution >= 0.6 is 0 Å². The number of methoxy groups -OCH3 is 1. The summed E-state index contributed by atoms with van der Waals surface area (Å²) in [6, 6.07) is 9.14. The third-order valence-corrected chi connectivity index (χ3v) is 3.16. The summed E-state index contributed by atoms with van der Waals surface area (Å²) in [7, 11) is 1.78. The molecule has 2 heteroatoms. The van der Waals surface area contributed by atoms with Crippen LogP contribution in [0.15, 0.2) is 24.3 Å². The van der Waals surface area contributed by atoms with Gasteiger partial charge in [-0.15, -0.1) is 0 Å². The van der Waals surface area contributed by atoms with Crippen LogP contribution in [0.3, 0.4) is 0 Å². The predicted octanol–water partition coefficient (Wildman–Crippen LogP) is 2.84. The Morgan fingerprint density at radius 2 is 2.27 bits per heavy atom. The summed E-state index contributed by atoms with van der Waals surface area (Å²) in [6.45, 7) is 2.13. The fourth-order valence-corrected chi connectivity index (χ4v) is 2.17. The van der Waals surface area contributed by atoms with Gasteiger partial charge in [0.25, 0.3) is 0 Å². The molecule has 0 aromatic heterocycles. The van der Waals surface area contributed by atoms with Crippen LogP contribution in [-0.2, 0) is 11.2 Å². The first-order valence-electron chi connectivity index (χ1n) is 5.67. The van der Waals surface area contributed by atoms with Gasteiger partial charge in [-0.1, -0.05) is 18.2 Å². The van der Waals surface area contributed by atoms with Crippen LogP contribution in [0.5, 0.6) is 0 Å². The van der Waals surface area contributed by atoms with Crippen molar-refractivity contribution in [2.75, 3.05) is 12.4 Å². The van der Waals surface area contributed by atoms with Gasteiger partial charge < -0.3 is 10.1 Å². The summed E-state index contributed by atoms with van der Waals surface area (Å²) in [6.07, 6.45) is 3.83. The van der Waals surface area contributed by atoms with E-state index in [0.717, 1.165) is 6.42 Å². The highest BCUT2D eigenvalue weighted by Gasteiger charge is 2.18. The smallest absolute Gasteiger partial charge is 0.0562 e. The Balaban J connectivity index is 1.99. The summed E-state index contributed by atoms with van der Waals surface area (Å²) in [4.78, 5) is 0. The number of benzene rings is 1. The zero-order valence-electron chi connectivity index (χ0n) is 9.49. The molecule has 0 bridgehead atoms. The number of hydrogen-bond donors (Lipinski definition) is 1. The molecule has 2 unspecified atom stereocenters. The average Bonchev–Trinajstić information content (AvgIpc) is 2.29. The molecule has 0 spiro atoms. The third kappa shape index (κ3) is 2.51. The fourth-order valence-electron chi connectivity index (χ4n) is 2.17. The first-order valence-corrected chi connectivity index (χ1v) is 5.67. The van der Waals surface area contributed by atoms with Gasteiger partial charge in [0, 0.05) is 18.8 Å². The molecule has 82 valence electrons. The summed E-state index contributed by atoms with van der Waals surface area (Å²) in [5, 5.41) is 3.58. The summed E-state index contributed by atoms with van der Waals surface area (Å²) >= 11 is 0. The lowest BCUT2D eigenvalue weighted by atomic mass is 9.95. The summed E-state index contributed by atoms with van der Waals surface area (Å²) < 4.78 is 5.30. The second-order valence-electron chi connectivity index (χ2n) is 4.32. The maximum Gasteiger partial charge on any atom is 0.0562 e. The minimum atomic E-state index is 0.341. The van der Waals surface area contributed by atoms with Crippen molar-refractivity contribution in [3.05, 3.63) is 29.8 Å². The van der Waals surface area contributed by atoms with Crippen LogP contribution in [0.1, 0.15) is 25.3 Å². The molecule has 2 rings (SSSR count). The van der Waals surface area contributed by atoms with E-state index in [0.29, 0.717) is 12.1 Å². The quantitative estimate of drug-likeness (QED) is 0.819. The van der Waals surface area contributed by atoms with Gasteiger partial charge in [-0.3, -0.25) is 0 Å². The molecule has 0 saturated carbocycles. The third-order valence-electron chi connectivity index (χ3n) is 3.16. The molecule has 0 amide bonds. The van der Waals surface area contributed by atoms with Gasteiger partial charge in [-0.2, -0.15) is 0 Å². The standard InChI is InChI=1S/C13H19NO/c1-10(15-2)9-12-8-7-11-5-3-4-6-13(11)14-12/h3-6,10,12,14H,7-9H2,1-2H3. The molecule has 0 saturated heterocycles. The zero-order valence-corrected chi connectivity index (χ0v) is 9.49. The Morgan fingerprint density at radius 3 is 3.07 bits per heavy atom. The van der Waals surface area contributed by atoms with Crippen LogP contribution in [0.2, 0.25) is 0 Å². The Hall–Kier alpha value is -1.02. The van der Waals surface area contributed by atoms with E-state index in [9.17, 15) is 0 Å². The van der Waals surface area contributed by atoms with E-state index in [1.54, 1.807) is 7.11 Å². The number of ether oxygens (including phenoxy) is 1. The highest BCUT2D eigenvalue weighted by molar-refractivity contribution is 5.53. The maximum absolute atomic E-state index is 5.30. The second-order valence-corrected chi connectivity index (χ2v) is 4.32. The minimum Gasteiger partial charge on any atom is -0.382 e. The predicted molar refractivity (Wildman–Crippen MR) is 63.3 cm³/mol. The van der Waals surface area contributed by atoms with E-state index in [2.05, 4.69) is 36.5 Å². The number of nitrogens with one attached hydrogen (secondary N) is 1. The second kappa shape index (κ2) is 4.67. The van der Waals surface area contributed by atoms with Gasteiger partial charge in [0.05, 0.1) is 6.10 Å². The molecule has 0 aliphatic carbocycles. The van der Waals surface area contributed by atoms with Crippen molar-refractivity contribution < 1.29 is 4.74 Å². The van der Waals surface area contributed by atoms with E-state index in [-0.39, 0.29) is 0 Å². The molecule has 1 aliphatic heterocycles. The lowest BCUT2D eigenvalue weighted by Crippen LogP contribution is -2.29. The molecule has 0 radical (unpaired) electrons. The Kier molecular flexibility index (Phi) is 3.27. The van der Waals surface area contributed by atoms with Crippen molar-refractivity contribution in [1.29, 1.82) is 0 Å². The first-order chi connectivity index (χ1) is 7.29. The van der Waals surface area contributed by atoms with Crippen molar-refractivity contribution in [3.63, 3.8) is 0 Å². The number of para-hydroxylation sites is 1. The van der Waals surface area contributed by atoms with Crippen molar-refractivity contribution in [1.82, 2.24) is 0 Å². The fraction of sp³-hybridized carbons (Fsp3) is 0.538. The Bertz CT molecular complexity index is 324. The summed E-state index contributed by atoms with van der Waals surface area (Å²) in [5.74, 6) is 0. The van der Waals surface area contributed by atoms with Gasteiger partial charge in [-0.25, -0.2) is 0 Å². The number of anilines is 1. The lowest BCUT2D eigenvalue weighted by Gasteiger charge is -2.28. The lowest BCUT2D eigenvalue weighted by molar-refractivity contribution is 0.105. The monoisotopic (exact) mass is 205 g/mol. The molecule has 15 heavy (non-hydrogen) atoms. The highest BCUT2D eigenvalue weighted by Crippen LogP contribution is 2.26. The van der Waals surface area contributed by atoms with Gasteiger partial charge in [-0.05, 0) is 37.8 Å². The Labute approximate surface area is 91.6 Å². The van der Waals surface area contributed by atoms with E-state index in [1.165, 1.54) is 24.1 Å². The van der Waals surface area contributed by atoms with Crippen molar-refractivity contribution in [2.45, 2.75) is 38.3 Å². The molecule has 1 aliphatic rings. The largest absolute Gasteiger partial charge is 0.382 e. The zero-order chi connectivity index (χ0) is 10.7. The molecule has 1 heterocycles.